The molecule has 28 heavy (non-hydrogen) atoms. The van der Waals surface area contributed by atoms with Gasteiger partial charge >= 0.3 is 0 Å². The molecule has 0 bridgehead atoms. The molecule has 0 saturated heterocycles. The number of aromatic hydroxyl groups is 1. The van der Waals surface area contributed by atoms with Crippen LogP contribution in [0, 0.1) is 17.5 Å². The number of phenols is 1. The van der Waals surface area contributed by atoms with Crippen LogP contribution in [0.25, 0.3) is 0 Å². The molecule has 6 nitrogen and oxygen atoms in total. The van der Waals surface area contributed by atoms with Crippen molar-refractivity contribution in [3.05, 3.63) is 53.8 Å². The molecule has 2 aromatic rings. The minimum Gasteiger partial charge on any atom is -0.504 e. The van der Waals surface area contributed by atoms with Crippen LogP contribution in [-0.2, 0) is 9.59 Å². The lowest BCUT2D eigenvalue weighted by Crippen LogP contribution is -2.41. The van der Waals surface area contributed by atoms with Gasteiger partial charge in [-0.1, -0.05) is 19.1 Å². The van der Waals surface area contributed by atoms with Gasteiger partial charge in [-0.25, -0.2) is 13.2 Å². The first-order valence-corrected chi connectivity index (χ1v) is 8.45. The van der Waals surface area contributed by atoms with Crippen molar-refractivity contribution in [1.82, 2.24) is 4.90 Å². The van der Waals surface area contributed by atoms with Gasteiger partial charge in [0.25, 0.3) is 5.91 Å². The van der Waals surface area contributed by atoms with E-state index in [1.54, 1.807) is 19.1 Å². The van der Waals surface area contributed by atoms with E-state index in [1.807, 2.05) is 0 Å². The van der Waals surface area contributed by atoms with Gasteiger partial charge in [-0.2, -0.15) is 0 Å². The number of phenolic OH excluding ortho intramolecular Hbond substituents is 1. The predicted octanol–water partition coefficient (Wildman–Crippen LogP) is 3.07. The van der Waals surface area contributed by atoms with Gasteiger partial charge in [0.1, 0.15) is 0 Å². The van der Waals surface area contributed by atoms with E-state index in [1.165, 1.54) is 17.0 Å². The Labute approximate surface area is 159 Å². The largest absolute Gasteiger partial charge is 0.504 e. The number of hydrogen-bond donors (Lipinski definition) is 2. The number of carbonyl (C=O) groups is 2. The number of ether oxygens (including phenoxy) is 1. The molecule has 0 aliphatic heterocycles. The minimum atomic E-state index is -1.70. The second-order valence-corrected chi connectivity index (χ2v) is 5.84. The fraction of sp³-hybridized carbons (Fsp3) is 0.263. The second kappa shape index (κ2) is 9.63. The highest BCUT2D eigenvalue weighted by molar-refractivity contribution is 5.94. The third kappa shape index (κ3) is 5.38. The van der Waals surface area contributed by atoms with Crippen LogP contribution < -0.4 is 10.1 Å². The molecule has 2 aromatic carbocycles. The number of halogens is 3. The summed E-state index contributed by atoms with van der Waals surface area (Å²) >= 11 is 0. The average molecular weight is 396 g/mol. The maximum absolute atomic E-state index is 13.7. The van der Waals surface area contributed by atoms with Crippen molar-refractivity contribution in [2.75, 3.05) is 25.0 Å². The van der Waals surface area contributed by atoms with Crippen LogP contribution in [0.5, 0.6) is 11.5 Å². The highest BCUT2D eigenvalue weighted by Gasteiger charge is 2.20. The first kappa shape index (κ1) is 21.1. The Morgan fingerprint density at radius 2 is 1.82 bits per heavy atom. The lowest BCUT2D eigenvalue weighted by atomic mass is 10.2. The van der Waals surface area contributed by atoms with Gasteiger partial charge in [0.05, 0.1) is 12.2 Å². The second-order valence-electron chi connectivity index (χ2n) is 5.84. The Morgan fingerprint density at radius 3 is 2.50 bits per heavy atom. The molecule has 0 saturated carbocycles. The molecule has 0 atom stereocenters. The van der Waals surface area contributed by atoms with E-state index < -0.39 is 48.1 Å². The Hall–Kier alpha value is -3.23. The zero-order chi connectivity index (χ0) is 20.7. The Balaban J connectivity index is 1.99. The zero-order valence-corrected chi connectivity index (χ0v) is 15.0. The van der Waals surface area contributed by atoms with Crippen LogP contribution >= 0.6 is 0 Å². The van der Waals surface area contributed by atoms with Crippen LogP contribution in [0.2, 0.25) is 0 Å². The van der Waals surface area contributed by atoms with E-state index in [0.717, 1.165) is 6.07 Å². The van der Waals surface area contributed by atoms with Gasteiger partial charge < -0.3 is 20.1 Å². The molecule has 150 valence electrons. The zero-order valence-electron chi connectivity index (χ0n) is 15.0. The summed E-state index contributed by atoms with van der Waals surface area (Å²) in [5.74, 6) is -5.94. The number of carbonyl (C=O) groups excluding carboxylic acids is 2. The molecule has 0 aromatic heterocycles. The number of nitrogens with one attached hydrogen (secondary N) is 1. The first-order chi connectivity index (χ1) is 13.3. The number of amides is 2. The van der Waals surface area contributed by atoms with Gasteiger partial charge in [0.15, 0.2) is 35.6 Å². The van der Waals surface area contributed by atoms with E-state index in [-0.39, 0.29) is 18.0 Å². The van der Waals surface area contributed by atoms with Gasteiger partial charge in [-0.05, 0) is 30.7 Å². The third-order valence-corrected chi connectivity index (χ3v) is 3.71. The summed E-state index contributed by atoms with van der Waals surface area (Å²) in [5, 5.41) is 11.7. The van der Waals surface area contributed by atoms with E-state index in [9.17, 15) is 27.9 Å². The molecular formula is C19H19F3N2O4. The van der Waals surface area contributed by atoms with Crippen molar-refractivity contribution in [1.29, 1.82) is 0 Å². The van der Waals surface area contributed by atoms with Crippen molar-refractivity contribution >= 4 is 17.5 Å². The maximum atomic E-state index is 13.7. The number of rotatable bonds is 8. The van der Waals surface area contributed by atoms with Crippen LogP contribution in [0.3, 0.4) is 0 Å². The third-order valence-electron chi connectivity index (χ3n) is 3.71. The summed E-state index contributed by atoms with van der Waals surface area (Å²) in [7, 11) is 0. The molecular weight excluding hydrogens is 377 g/mol. The van der Waals surface area contributed by atoms with E-state index in [0.29, 0.717) is 12.5 Å². The van der Waals surface area contributed by atoms with Crippen LogP contribution in [0.1, 0.15) is 13.3 Å². The summed E-state index contributed by atoms with van der Waals surface area (Å²) in [6.07, 6.45) is 0.537. The van der Waals surface area contributed by atoms with Crippen LogP contribution in [-0.4, -0.2) is 41.5 Å². The monoisotopic (exact) mass is 396 g/mol. The highest BCUT2D eigenvalue weighted by atomic mass is 19.2. The number of hydrogen-bond acceptors (Lipinski definition) is 4. The smallest absolute Gasteiger partial charge is 0.260 e. The Kier molecular flexibility index (Phi) is 7.25. The van der Waals surface area contributed by atoms with Crippen LogP contribution in [0.15, 0.2) is 36.4 Å². The molecule has 0 aliphatic rings. The van der Waals surface area contributed by atoms with Gasteiger partial charge in [0.2, 0.25) is 5.91 Å². The Morgan fingerprint density at radius 1 is 1.11 bits per heavy atom. The molecule has 0 spiro atoms. The molecule has 0 unspecified atom stereocenters. The lowest BCUT2D eigenvalue weighted by molar-refractivity contribution is -0.136. The van der Waals surface area contributed by atoms with Gasteiger partial charge in [0, 0.05) is 6.54 Å². The molecule has 2 rings (SSSR count). The minimum absolute atomic E-state index is 0.112. The molecule has 2 N–H and O–H groups in total. The molecule has 9 heteroatoms. The summed E-state index contributed by atoms with van der Waals surface area (Å²) in [6.45, 7) is 1.15. The highest BCUT2D eigenvalue weighted by Crippen LogP contribution is 2.24. The standard InChI is InChI=1S/C19H19F3N2O4/c1-2-9-24(17(27)11-28-15-6-4-3-5-14(15)25)10-16(26)23-13-8-7-12(20)18(21)19(13)22/h3-8,25H,2,9-11H2,1H3,(H,23,26). The predicted molar refractivity (Wildman–Crippen MR) is 95.4 cm³/mol. The number of para-hydroxylation sites is 2. The van der Waals surface area contributed by atoms with Crippen molar-refractivity contribution in [3.63, 3.8) is 0 Å². The van der Waals surface area contributed by atoms with Crippen molar-refractivity contribution in [2.24, 2.45) is 0 Å². The molecule has 0 radical (unpaired) electrons. The van der Waals surface area contributed by atoms with Gasteiger partial charge in [-0.3, -0.25) is 9.59 Å². The summed E-state index contributed by atoms with van der Waals surface area (Å²) < 4.78 is 45.1. The fourth-order valence-electron chi connectivity index (χ4n) is 2.36. The van der Waals surface area contributed by atoms with E-state index in [2.05, 4.69) is 5.32 Å². The SMILES string of the molecule is CCCN(CC(=O)Nc1ccc(F)c(F)c1F)C(=O)COc1ccccc1O. The summed E-state index contributed by atoms with van der Waals surface area (Å²) in [5.41, 5.74) is -0.529. The van der Waals surface area contributed by atoms with E-state index in [4.69, 9.17) is 4.74 Å². The quantitative estimate of drug-likeness (QED) is 0.673. The molecule has 2 amide bonds. The fourth-order valence-corrected chi connectivity index (χ4v) is 2.36. The number of benzene rings is 2. The Bertz CT molecular complexity index is 861. The average Bonchev–Trinajstić information content (AvgIpc) is 2.67. The van der Waals surface area contributed by atoms with Crippen molar-refractivity contribution < 1.29 is 32.6 Å². The topological polar surface area (TPSA) is 78.9 Å². The first-order valence-electron chi connectivity index (χ1n) is 8.45. The van der Waals surface area contributed by atoms with Crippen molar-refractivity contribution in [2.45, 2.75) is 13.3 Å². The summed E-state index contributed by atoms with van der Waals surface area (Å²) in [6, 6.07) is 7.66. The maximum Gasteiger partial charge on any atom is 0.260 e. The van der Waals surface area contributed by atoms with E-state index >= 15 is 0 Å². The van der Waals surface area contributed by atoms with Gasteiger partial charge in [-0.15, -0.1) is 0 Å². The number of anilines is 1. The lowest BCUT2D eigenvalue weighted by Gasteiger charge is -2.22. The van der Waals surface area contributed by atoms with Crippen LogP contribution in [0.4, 0.5) is 18.9 Å². The molecule has 0 fully saturated rings. The summed E-state index contributed by atoms with van der Waals surface area (Å²) in [4.78, 5) is 25.6. The molecule has 0 heterocycles. The normalized spacial score (nSPS) is 10.4. The van der Waals surface area contributed by atoms with Crippen molar-refractivity contribution in [3.8, 4) is 11.5 Å². The number of nitrogens with zero attached hydrogens (tertiary/aromatic N) is 1. The molecule has 0 aliphatic carbocycles.